The molecule has 2 atom stereocenters. The smallest absolute Gasteiger partial charge is 0.251 e. The molecule has 1 aromatic rings. The van der Waals surface area contributed by atoms with E-state index in [0.29, 0.717) is 37.5 Å². The van der Waals surface area contributed by atoms with Gasteiger partial charge >= 0.3 is 0 Å². The molecule has 2 aliphatic rings. The molecule has 7 heteroatoms. The minimum Gasteiger partial charge on any atom is -0.504 e. The summed E-state index contributed by atoms with van der Waals surface area (Å²) in [5.74, 6) is 0.901. The first kappa shape index (κ1) is 28.7. The van der Waals surface area contributed by atoms with Crippen LogP contribution in [0.25, 0.3) is 0 Å². The van der Waals surface area contributed by atoms with E-state index in [1.165, 1.54) is 5.57 Å². The summed E-state index contributed by atoms with van der Waals surface area (Å²) in [6.45, 7) is 10.7. The van der Waals surface area contributed by atoms with E-state index in [9.17, 15) is 9.90 Å². The highest BCUT2D eigenvalue weighted by molar-refractivity contribution is 6.16. The molecule has 0 spiro atoms. The lowest BCUT2D eigenvalue weighted by Gasteiger charge is -2.33. The van der Waals surface area contributed by atoms with Gasteiger partial charge in [0.25, 0.3) is 5.91 Å². The molecule has 0 aromatic heterocycles. The largest absolute Gasteiger partial charge is 0.504 e. The van der Waals surface area contributed by atoms with Crippen LogP contribution in [-0.4, -0.2) is 62.2 Å². The minimum absolute atomic E-state index is 0.101. The van der Waals surface area contributed by atoms with Gasteiger partial charge in [0.05, 0.1) is 24.5 Å². The second kappa shape index (κ2) is 14.1. The molecule has 0 saturated carbocycles. The summed E-state index contributed by atoms with van der Waals surface area (Å²) in [4.78, 5) is 17.8. The number of carbonyl (C=O) groups is 1. The highest BCUT2D eigenvalue weighted by Gasteiger charge is 2.34. The first-order valence-corrected chi connectivity index (χ1v) is 13.6. The molecule has 37 heavy (non-hydrogen) atoms. The number of nitrogens with zero attached hydrogens (tertiary/aromatic N) is 1. The van der Waals surface area contributed by atoms with E-state index in [1.54, 1.807) is 6.08 Å². The van der Waals surface area contributed by atoms with Gasteiger partial charge in [0.1, 0.15) is 5.76 Å². The van der Waals surface area contributed by atoms with E-state index >= 15 is 0 Å². The molecule has 0 fully saturated rings. The van der Waals surface area contributed by atoms with Crippen molar-refractivity contribution in [3.05, 3.63) is 70.2 Å². The monoisotopic (exact) mass is 509 g/mol. The lowest BCUT2D eigenvalue weighted by atomic mass is 9.77. The molecule has 1 heterocycles. The molecule has 1 aliphatic heterocycles. The van der Waals surface area contributed by atoms with Gasteiger partial charge in [-0.1, -0.05) is 25.1 Å². The fraction of sp³-hybridized carbons (Fsp3) is 0.533. The predicted octanol–water partition coefficient (Wildman–Crippen LogP) is 5.10. The topological polar surface area (TPSA) is 92.2 Å². The Bertz CT molecular complexity index is 1040. The normalized spacial score (nSPS) is 19.6. The molecule has 0 bridgehead atoms. The van der Waals surface area contributed by atoms with Gasteiger partial charge in [0.2, 0.25) is 0 Å². The minimum atomic E-state index is -0.101. The van der Waals surface area contributed by atoms with Crippen LogP contribution in [0.5, 0.6) is 0 Å². The molecule has 0 saturated heterocycles. The number of aliphatic imine (C=N–C) groups is 1. The van der Waals surface area contributed by atoms with Crippen molar-refractivity contribution in [1.82, 2.24) is 10.6 Å². The predicted molar refractivity (Wildman–Crippen MR) is 149 cm³/mol. The van der Waals surface area contributed by atoms with Gasteiger partial charge in [0.15, 0.2) is 5.76 Å². The van der Waals surface area contributed by atoms with Crippen LogP contribution in [0.2, 0.25) is 0 Å². The number of hydrogen-bond donors (Lipinski definition) is 3. The Morgan fingerprint density at radius 3 is 2.59 bits per heavy atom. The second-order valence-corrected chi connectivity index (χ2v) is 9.72. The summed E-state index contributed by atoms with van der Waals surface area (Å²) in [6.07, 6.45) is 7.40. The van der Waals surface area contributed by atoms with Gasteiger partial charge in [-0.05, 0) is 77.4 Å². The average Bonchev–Trinajstić information content (AvgIpc) is 3.05. The summed E-state index contributed by atoms with van der Waals surface area (Å²) < 4.78 is 11.3. The second-order valence-electron chi connectivity index (χ2n) is 9.72. The third kappa shape index (κ3) is 7.55. The Labute approximate surface area is 221 Å². The number of ether oxygens (including phenoxy) is 2. The van der Waals surface area contributed by atoms with Crippen molar-refractivity contribution < 1.29 is 19.4 Å². The molecule has 1 aromatic carbocycles. The number of allylic oxidation sites excluding steroid dienone is 3. The average molecular weight is 510 g/mol. The molecule has 3 N–H and O–H groups in total. The molecule has 7 nitrogen and oxygen atoms in total. The van der Waals surface area contributed by atoms with Crippen LogP contribution >= 0.6 is 0 Å². The maximum absolute atomic E-state index is 12.6. The van der Waals surface area contributed by atoms with Crippen LogP contribution in [0.4, 0.5) is 0 Å². The summed E-state index contributed by atoms with van der Waals surface area (Å²) in [7, 11) is 1.96. The summed E-state index contributed by atoms with van der Waals surface area (Å²) in [5, 5.41) is 17.1. The summed E-state index contributed by atoms with van der Waals surface area (Å²) >= 11 is 0. The van der Waals surface area contributed by atoms with Crippen LogP contribution in [0.15, 0.2) is 64.1 Å². The van der Waals surface area contributed by atoms with Crippen molar-refractivity contribution in [2.24, 2.45) is 10.9 Å². The number of aliphatic hydroxyl groups excluding tert-OH is 1. The van der Waals surface area contributed by atoms with Crippen LogP contribution in [0.1, 0.15) is 69.3 Å². The molecular weight excluding hydrogens is 466 g/mol. The van der Waals surface area contributed by atoms with E-state index in [-0.39, 0.29) is 29.7 Å². The summed E-state index contributed by atoms with van der Waals surface area (Å²) in [6, 6.07) is 7.71. The van der Waals surface area contributed by atoms with Crippen LogP contribution in [-0.2, 0) is 9.47 Å². The number of benzene rings is 1. The maximum Gasteiger partial charge on any atom is 0.251 e. The number of carbonyl (C=O) groups excluding carboxylic acids is 1. The van der Waals surface area contributed by atoms with Crippen molar-refractivity contribution in [1.29, 1.82) is 0 Å². The Hall–Kier alpha value is -2.90. The quantitative estimate of drug-likeness (QED) is 0.322. The zero-order chi connectivity index (χ0) is 26.8. The highest BCUT2D eigenvalue weighted by Crippen LogP contribution is 2.39. The third-order valence-electron chi connectivity index (χ3n) is 6.73. The molecule has 3 rings (SSSR count). The third-order valence-corrected chi connectivity index (χ3v) is 6.73. The number of rotatable bonds is 13. The van der Waals surface area contributed by atoms with E-state index < -0.39 is 0 Å². The lowest BCUT2D eigenvalue weighted by molar-refractivity contribution is 0.0757. The van der Waals surface area contributed by atoms with E-state index in [4.69, 9.17) is 14.5 Å². The van der Waals surface area contributed by atoms with Crippen LogP contribution in [0.3, 0.4) is 0 Å². The van der Waals surface area contributed by atoms with Crippen molar-refractivity contribution in [2.45, 2.75) is 65.5 Å². The highest BCUT2D eigenvalue weighted by atomic mass is 16.5. The van der Waals surface area contributed by atoms with Gasteiger partial charge in [-0.2, -0.15) is 0 Å². The molecular formula is C30H43N3O4. The van der Waals surface area contributed by atoms with Crippen LogP contribution < -0.4 is 10.6 Å². The molecule has 0 unspecified atom stereocenters. The maximum atomic E-state index is 12.6. The number of fused-ring (bicyclic) bond motifs is 1. The van der Waals surface area contributed by atoms with Crippen LogP contribution in [0, 0.1) is 5.92 Å². The zero-order valence-electron chi connectivity index (χ0n) is 23.0. The Balaban J connectivity index is 1.87. The standard InChI is InChI=1S/C30H43N3O4/c1-6-23-24-13-14-28(36-7-2)27(34)19-25(24)29(33-26(23)15-17-31-5)21-9-11-22(12-10-21)30(35)32-16-8-18-37-20(3)4/h9-13,19-20,23,26,31,34H,6-8,14-18H2,1-5H3,(H,32,35)/t23-,26-/m1/s1. The number of aliphatic hydroxyl groups is 1. The van der Waals surface area contributed by atoms with Gasteiger partial charge in [-0.25, -0.2) is 0 Å². The zero-order valence-corrected chi connectivity index (χ0v) is 23.0. The number of amides is 1. The SMILES string of the molecule is CCOC1=C(O)C=C2C(=CC1)[C@@H](CC)[C@@H](CCNC)N=C2c1ccc(C(=O)NCCCOC(C)C)cc1. The summed E-state index contributed by atoms with van der Waals surface area (Å²) in [5.41, 5.74) is 4.52. The van der Waals surface area contributed by atoms with Crippen molar-refractivity contribution in [3.63, 3.8) is 0 Å². The first-order chi connectivity index (χ1) is 17.9. The van der Waals surface area contributed by atoms with Gasteiger partial charge in [-0.15, -0.1) is 0 Å². The van der Waals surface area contributed by atoms with E-state index in [0.717, 1.165) is 42.7 Å². The van der Waals surface area contributed by atoms with Gasteiger partial charge in [-0.3, -0.25) is 9.79 Å². The molecule has 202 valence electrons. The van der Waals surface area contributed by atoms with Crippen molar-refractivity contribution >= 4 is 11.6 Å². The van der Waals surface area contributed by atoms with E-state index in [2.05, 4.69) is 23.6 Å². The van der Waals surface area contributed by atoms with Crippen molar-refractivity contribution in [2.75, 3.05) is 33.4 Å². The Kier molecular flexibility index (Phi) is 11.0. The fourth-order valence-corrected chi connectivity index (χ4v) is 4.87. The number of hydrogen-bond acceptors (Lipinski definition) is 6. The Morgan fingerprint density at radius 1 is 1.19 bits per heavy atom. The van der Waals surface area contributed by atoms with Crippen molar-refractivity contribution in [3.8, 4) is 0 Å². The Morgan fingerprint density at radius 2 is 1.95 bits per heavy atom. The fourth-order valence-electron chi connectivity index (χ4n) is 4.87. The van der Waals surface area contributed by atoms with Gasteiger partial charge in [0, 0.05) is 42.2 Å². The molecule has 0 radical (unpaired) electrons. The number of nitrogens with one attached hydrogen (secondary N) is 2. The molecule has 1 aliphatic carbocycles. The lowest BCUT2D eigenvalue weighted by Crippen LogP contribution is -2.32. The van der Waals surface area contributed by atoms with E-state index in [1.807, 2.05) is 52.1 Å². The molecule has 1 amide bonds. The first-order valence-electron chi connectivity index (χ1n) is 13.6. The van der Waals surface area contributed by atoms with Gasteiger partial charge < -0.3 is 25.2 Å².